The molecule has 0 radical (unpaired) electrons. The van der Waals surface area contributed by atoms with Crippen molar-refractivity contribution in [1.29, 1.82) is 0 Å². The lowest BCUT2D eigenvalue weighted by Crippen LogP contribution is -2.29. The number of carbonyl (C=O) groups is 6. The van der Waals surface area contributed by atoms with Gasteiger partial charge in [-0.05, 0) is 112 Å². The predicted octanol–water partition coefficient (Wildman–Crippen LogP) is 6.31. The number of carboxylic acids is 2. The van der Waals surface area contributed by atoms with Crippen molar-refractivity contribution in [3.63, 3.8) is 0 Å². The molecule has 16 nitrogen and oxygen atoms in total. The van der Waals surface area contributed by atoms with Gasteiger partial charge in [-0.3, -0.25) is 38.8 Å². The molecular weight excluding hydrogens is 845 g/mol. The van der Waals surface area contributed by atoms with Gasteiger partial charge in [-0.15, -0.1) is 0 Å². The van der Waals surface area contributed by atoms with E-state index in [1.807, 2.05) is 36.4 Å². The van der Waals surface area contributed by atoms with Gasteiger partial charge in [0.1, 0.15) is 13.2 Å². The van der Waals surface area contributed by atoms with E-state index >= 15 is 0 Å². The second-order valence-corrected chi connectivity index (χ2v) is 15.8. The van der Waals surface area contributed by atoms with E-state index in [9.17, 15) is 28.8 Å². The maximum Gasteiger partial charge on any atom is 0.328 e. The van der Waals surface area contributed by atoms with Crippen LogP contribution in [0, 0.1) is 0 Å². The summed E-state index contributed by atoms with van der Waals surface area (Å²) in [6, 6.07) is 21.8. The summed E-state index contributed by atoms with van der Waals surface area (Å²) < 4.78 is 11.4. The Kier molecular flexibility index (Phi) is 18.0. The molecule has 8 rings (SSSR count). The van der Waals surface area contributed by atoms with E-state index in [2.05, 4.69) is 19.8 Å². The van der Waals surface area contributed by atoms with E-state index in [4.69, 9.17) is 19.7 Å². The fraction of sp³-hybridized carbons (Fsp3) is 0.320. The molecule has 66 heavy (non-hydrogen) atoms. The smallest absolute Gasteiger partial charge is 0.328 e. The Hall–Kier alpha value is -7.30. The van der Waals surface area contributed by atoms with Crippen molar-refractivity contribution < 1.29 is 48.5 Å². The average Bonchev–Trinajstić information content (AvgIpc) is 3.72. The molecule has 16 heteroatoms. The first kappa shape index (κ1) is 48.2. The zero-order chi connectivity index (χ0) is 46.7. The molecule has 0 bridgehead atoms. The number of aromatic nitrogens is 2. The highest BCUT2D eigenvalue weighted by Gasteiger charge is 2.35. The number of aliphatic carboxylic acids is 2. The van der Waals surface area contributed by atoms with Crippen LogP contribution in [0.4, 0.5) is 0 Å². The fourth-order valence-electron chi connectivity index (χ4n) is 7.72. The number of imide groups is 2. The molecule has 6 heterocycles. The van der Waals surface area contributed by atoms with Crippen LogP contribution in [0.1, 0.15) is 91.1 Å². The van der Waals surface area contributed by atoms with Crippen LogP contribution in [-0.4, -0.2) is 128 Å². The van der Waals surface area contributed by atoms with Crippen LogP contribution in [-0.2, 0) is 22.7 Å². The zero-order valence-corrected chi connectivity index (χ0v) is 36.7. The minimum Gasteiger partial charge on any atom is -0.478 e. The molecule has 0 unspecified atom stereocenters. The topological polar surface area (TPSA) is 200 Å². The number of piperidine rings is 2. The molecule has 0 saturated carbocycles. The molecule has 2 fully saturated rings. The van der Waals surface area contributed by atoms with Crippen LogP contribution in [0.25, 0.3) is 0 Å². The summed E-state index contributed by atoms with van der Waals surface area (Å²) in [4.78, 5) is 84.3. The number of rotatable bonds is 16. The summed E-state index contributed by atoms with van der Waals surface area (Å²) in [7, 11) is 0. The summed E-state index contributed by atoms with van der Waals surface area (Å²) in [5.41, 5.74) is 4.28. The predicted molar refractivity (Wildman–Crippen MR) is 244 cm³/mol. The zero-order valence-electron chi connectivity index (χ0n) is 36.7. The number of carboxylic acid groups (broad SMARTS) is 2. The first-order valence-electron chi connectivity index (χ1n) is 22.0. The summed E-state index contributed by atoms with van der Waals surface area (Å²) in [6.07, 6.45) is 19.6. The van der Waals surface area contributed by atoms with Gasteiger partial charge in [-0.25, -0.2) is 19.6 Å². The number of hydrogen-bond donors (Lipinski definition) is 2. The van der Waals surface area contributed by atoms with E-state index in [-0.39, 0.29) is 36.7 Å². The van der Waals surface area contributed by atoms with Crippen molar-refractivity contribution in [2.24, 2.45) is 0 Å². The van der Waals surface area contributed by atoms with E-state index in [0.29, 0.717) is 59.4 Å². The van der Waals surface area contributed by atoms with Crippen LogP contribution in [0.3, 0.4) is 0 Å². The van der Waals surface area contributed by atoms with Gasteiger partial charge in [-0.2, -0.15) is 0 Å². The van der Waals surface area contributed by atoms with Crippen molar-refractivity contribution in [3.8, 4) is 11.8 Å². The first-order chi connectivity index (χ1) is 32.1. The summed E-state index contributed by atoms with van der Waals surface area (Å²) >= 11 is 0. The van der Waals surface area contributed by atoms with Crippen molar-refractivity contribution >= 4 is 35.6 Å². The minimum absolute atomic E-state index is 0.234. The molecule has 0 aliphatic carbocycles. The number of fused-ring (bicyclic) bond motifs is 2. The fourth-order valence-corrected chi connectivity index (χ4v) is 7.72. The van der Waals surface area contributed by atoms with Crippen molar-refractivity contribution in [2.45, 2.75) is 51.6 Å². The maximum absolute atomic E-state index is 12.3. The van der Waals surface area contributed by atoms with Gasteiger partial charge in [0.25, 0.3) is 23.6 Å². The van der Waals surface area contributed by atoms with Gasteiger partial charge < -0.3 is 19.7 Å². The highest BCUT2D eigenvalue weighted by atomic mass is 16.5. The molecule has 0 spiro atoms. The Morgan fingerprint density at radius 3 is 1.20 bits per heavy atom. The number of benzene rings is 2. The largest absolute Gasteiger partial charge is 0.478 e. The third-order valence-corrected chi connectivity index (χ3v) is 11.0. The highest BCUT2D eigenvalue weighted by molar-refractivity contribution is 6.22. The second-order valence-electron chi connectivity index (χ2n) is 15.8. The highest BCUT2D eigenvalue weighted by Crippen LogP contribution is 2.24. The molecule has 2 aromatic heterocycles. The Bertz CT molecular complexity index is 2200. The number of ether oxygens (including phenoxy) is 2. The average molecular weight is 899 g/mol. The van der Waals surface area contributed by atoms with Gasteiger partial charge in [-0.1, -0.05) is 49.3 Å². The van der Waals surface area contributed by atoms with E-state index in [0.717, 1.165) is 39.3 Å². The van der Waals surface area contributed by atoms with Crippen LogP contribution in [0.2, 0.25) is 0 Å². The lowest BCUT2D eigenvalue weighted by Gasteiger charge is -2.26. The van der Waals surface area contributed by atoms with Gasteiger partial charge in [0.2, 0.25) is 11.8 Å². The van der Waals surface area contributed by atoms with Gasteiger partial charge in [0, 0.05) is 62.9 Å². The van der Waals surface area contributed by atoms with Crippen molar-refractivity contribution in [2.75, 3.05) is 52.5 Å². The normalized spacial score (nSPS) is 16.2. The van der Waals surface area contributed by atoms with E-state index in [1.54, 1.807) is 73.1 Å². The standard InChI is InChI=1S/2C23H25N3O3.C4H4O4/c2*27-22-19-8-2-3-9-20(19)23(28)26(22)14-6-7-15-29-21-16-18(10-11-24-21)17-25-12-4-1-5-13-25;5-3(6)1-2-4(7)8/h2*2-3,6-11,16H,1,4-5,12-15,17H2;1-2H,(H,5,6)(H,7,8)/b2*7-6-;2-1-. The number of amides is 4. The molecule has 4 amide bonds. The quantitative estimate of drug-likeness (QED) is 0.0720. The lowest BCUT2D eigenvalue weighted by atomic mass is 10.1. The second kappa shape index (κ2) is 24.7. The molecule has 2 N–H and O–H groups in total. The molecular formula is C50H54N6O10. The van der Waals surface area contributed by atoms with Crippen LogP contribution in [0.5, 0.6) is 11.8 Å². The number of likely N-dealkylation sites (tertiary alicyclic amines) is 2. The van der Waals surface area contributed by atoms with Gasteiger partial charge in [0.05, 0.1) is 22.3 Å². The van der Waals surface area contributed by atoms with Crippen LogP contribution < -0.4 is 9.47 Å². The Labute approximate surface area is 383 Å². The molecule has 2 saturated heterocycles. The van der Waals surface area contributed by atoms with Gasteiger partial charge >= 0.3 is 11.9 Å². The lowest BCUT2D eigenvalue weighted by molar-refractivity contribution is -0.134. The van der Waals surface area contributed by atoms with Crippen molar-refractivity contribution in [1.82, 2.24) is 29.6 Å². The third kappa shape index (κ3) is 14.1. The minimum atomic E-state index is -1.26. The Morgan fingerprint density at radius 1 is 0.515 bits per heavy atom. The van der Waals surface area contributed by atoms with E-state index in [1.165, 1.54) is 59.5 Å². The first-order valence-corrected chi connectivity index (χ1v) is 22.0. The van der Waals surface area contributed by atoms with Gasteiger partial charge in [0.15, 0.2) is 0 Å². The Morgan fingerprint density at radius 2 is 0.864 bits per heavy atom. The van der Waals surface area contributed by atoms with Crippen LogP contribution >= 0.6 is 0 Å². The summed E-state index contributed by atoms with van der Waals surface area (Å²) in [6.45, 7) is 7.60. The van der Waals surface area contributed by atoms with E-state index < -0.39 is 11.9 Å². The summed E-state index contributed by atoms with van der Waals surface area (Å²) in [5.74, 6) is -2.33. The maximum atomic E-state index is 12.3. The number of carbonyl (C=O) groups excluding carboxylic acids is 4. The molecule has 0 atom stereocenters. The molecule has 4 aliphatic heterocycles. The number of pyridine rings is 2. The Balaban J connectivity index is 0.000000188. The monoisotopic (exact) mass is 898 g/mol. The van der Waals surface area contributed by atoms with Crippen molar-refractivity contribution in [3.05, 3.63) is 155 Å². The number of hydrogen-bond acceptors (Lipinski definition) is 12. The molecule has 2 aromatic carbocycles. The van der Waals surface area contributed by atoms with Crippen LogP contribution in [0.15, 0.2) is 122 Å². The molecule has 4 aliphatic rings. The SMILES string of the molecule is O=C(O)/C=C\C(=O)O.O=C1c2ccccc2C(=O)N1C/C=C\COc1cc(CN2CCCCC2)ccn1.O=C1c2ccccc2C(=O)N1C/C=C\COc1cc(CN2CCCCC2)ccn1. The third-order valence-electron chi connectivity index (χ3n) is 11.0. The summed E-state index contributed by atoms with van der Waals surface area (Å²) in [5, 5.41) is 15.6. The molecule has 344 valence electrons. The molecule has 4 aromatic rings. The number of nitrogens with zero attached hydrogens (tertiary/aromatic N) is 6.